The summed E-state index contributed by atoms with van der Waals surface area (Å²) in [6, 6.07) is 2.33. The van der Waals surface area contributed by atoms with Crippen molar-refractivity contribution in [2.24, 2.45) is 11.3 Å². The Balaban J connectivity index is 2.52. The Morgan fingerprint density at radius 3 is 2.40 bits per heavy atom. The molecule has 0 aromatic carbocycles. The Morgan fingerprint density at radius 2 is 1.88 bits per heavy atom. The molecular weight excluding hydrogens is 331 g/mol. The molecule has 0 spiro atoms. The molecule has 0 saturated heterocycles. The molecule has 0 saturated carbocycles. The molecule has 138 valence electrons. The van der Waals surface area contributed by atoms with Gasteiger partial charge >= 0.3 is 6.18 Å². The quantitative estimate of drug-likeness (QED) is 0.845. The van der Waals surface area contributed by atoms with Crippen molar-refractivity contribution in [3.05, 3.63) is 29.6 Å². The molecule has 0 aliphatic heterocycles. The summed E-state index contributed by atoms with van der Waals surface area (Å²) in [6.45, 7) is 9.81. The minimum atomic E-state index is -4.43. The topological polar surface area (TPSA) is 46.4 Å². The fraction of sp³-hybridized carbons (Fsp3) is 0.556. The summed E-state index contributed by atoms with van der Waals surface area (Å²) < 4.78 is 40.6. The van der Waals surface area contributed by atoms with Crippen molar-refractivity contribution < 1.29 is 18.0 Å². The maximum Gasteiger partial charge on any atom is 0.417 e. The molecule has 0 fully saturated rings. The summed E-state index contributed by atoms with van der Waals surface area (Å²) in [4.78, 5) is 16.4. The normalized spacial score (nSPS) is 12.8. The Labute approximate surface area is 145 Å². The van der Waals surface area contributed by atoms with E-state index in [-0.39, 0.29) is 17.2 Å². The van der Waals surface area contributed by atoms with E-state index in [2.05, 4.69) is 10.3 Å². The Morgan fingerprint density at radius 1 is 1.24 bits per heavy atom. The third-order valence-corrected chi connectivity index (χ3v) is 3.59. The van der Waals surface area contributed by atoms with Gasteiger partial charge in [-0.25, -0.2) is 4.98 Å². The molecule has 0 aliphatic carbocycles. The number of aromatic nitrogens is 2. The summed E-state index contributed by atoms with van der Waals surface area (Å²) in [5.74, 6) is 0.324. The highest BCUT2D eigenvalue weighted by Gasteiger charge is 2.31. The Bertz CT molecular complexity index is 770. The predicted molar refractivity (Wildman–Crippen MR) is 91.4 cm³/mol. The third kappa shape index (κ3) is 4.96. The first kappa shape index (κ1) is 19.3. The molecule has 1 amide bonds. The molecule has 2 rings (SSSR count). The van der Waals surface area contributed by atoms with Crippen LogP contribution in [0.5, 0.6) is 0 Å². The molecular formula is C18H24F3N3O. The minimum Gasteiger partial charge on any atom is -0.309 e. The SMILES string of the molecule is CC(C)CC(=O)Nc1nc2ccc(C(F)(F)F)cn2c1CC(C)(C)C. The first-order valence-corrected chi connectivity index (χ1v) is 8.25. The molecule has 2 aromatic rings. The Kier molecular flexibility index (Phi) is 5.16. The summed E-state index contributed by atoms with van der Waals surface area (Å²) in [7, 11) is 0. The second kappa shape index (κ2) is 6.69. The third-order valence-electron chi connectivity index (χ3n) is 3.59. The van der Waals surface area contributed by atoms with E-state index in [9.17, 15) is 18.0 Å². The van der Waals surface area contributed by atoms with Gasteiger partial charge in [-0.3, -0.25) is 4.79 Å². The number of fused-ring (bicyclic) bond motifs is 1. The predicted octanol–water partition coefficient (Wildman–Crippen LogP) is 4.93. The molecule has 2 heterocycles. The van der Waals surface area contributed by atoms with E-state index in [0.717, 1.165) is 12.3 Å². The van der Waals surface area contributed by atoms with Crippen molar-refractivity contribution >= 4 is 17.4 Å². The summed E-state index contributed by atoms with van der Waals surface area (Å²) in [6.07, 6.45) is -2.58. The number of anilines is 1. The maximum absolute atomic E-state index is 13.0. The van der Waals surface area contributed by atoms with E-state index in [1.165, 1.54) is 10.5 Å². The highest BCUT2D eigenvalue weighted by atomic mass is 19.4. The van der Waals surface area contributed by atoms with E-state index in [1.807, 2.05) is 34.6 Å². The van der Waals surface area contributed by atoms with Gasteiger partial charge in [-0.05, 0) is 29.9 Å². The van der Waals surface area contributed by atoms with Crippen LogP contribution in [0.4, 0.5) is 19.0 Å². The smallest absolute Gasteiger partial charge is 0.309 e. The molecule has 7 heteroatoms. The lowest BCUT2D eigenvalue weighted by Gasteiger charge is -2.19. The van der Waals surface area contributed by atoms with Crippen LogP contribution in [-0.4, -0.2) is 15.3 Å². The zero-order valence-electron chi connectivity index (χ0n) is 15.2. The van der Waals surface area contributed by atoms with Gasteiger partial charge in [-0.1, -0.05) is 34.6 Å². The first-order valence-electron chi connectivity index (χ1n) is 8.25. The molecule has 2 aromatic heterocycles. The van der Waals surface area contributed by atoms with E-state index in [4.69, 9.17) is 0 Å². The van der Waals surface area contributed by atoms with Crippen LogP contribution in [0.25, 0.3) is 5.65 Å². The first-order chi connectivity index (χ1) is 11.4. The van der Waals surface area contributed by atoms with Gasteiger partial charge < -0.3 is 9.72 Å². The van der Waals surface area contributed by atoms with Crippen molar-refractivity contribution in [2.75, 3.05) is 5.32 Å². The fourth-order valence-electron chi connectivity index (χ4n) is 2.59. The number of nitrogens with zero attached hydrogens (tertiary/aromatic N) is 2. The lowest BCUT2D eigenvalue weighted by atomic mass is 9.90. The molecule has 0 atom stereocenters. The van der Waals surface area contributed by atoms with Crippen LogP contribution in [0.3, 0.4) is 0 Å². The van der Waals surface area contributed by atoms with Crippen LogP contribution in [0.2, 0.25) is 0 Å². The maximum atomic E-state index is 13.0. The number of amides is 1. The standard InChI is InChI=1S/C18H24F3N3O/c1-11(2)8-15(25)23-16-13(9-17(3,4)5)24-10-12(18(19,20)21)6-7-14(24)22-16/h6-7,10-11H,8-9H2,1-5H3,(H,23,25). The minimum absolute atomic E-state index is 0.179. The summed E-state index contributed by atoms with van der Waals surface area (Å²) in [5.41, 5.74) is 0.0345. The lowest BCUT2D eigenvalue weighted by molar-refractivity contribution is -0.137. The molecule has 0 radical (unpaired) electrons. The van der Waals surface area contributed by atoms with E-state index in [1.54, 1.807) is 0 Å². The summed E-state index contributed by atoms with van der Waals surface area (Å²) in [5, 5.41) is 2.76. The zero-order chi connectivity index (χ0) is 19.0. The van der Waals surface area contributed by atoms with E-state index in [0.29, 0.717) is 30.0 Å². The highest BCUT2D eigenvalue weighted by Crippen LogP contribution is 2.32. The van der Waals surface area contributed by atoms with Crippen LogP contribution in [0.1, 0.15) is 52.3 Å². The van der Waals surface area contributed by atoms with Gasteiger partial charge in [0.2, 0.25) is 5.91 Å². The number of imidazole rings is 1. The van der Waals surface area contributed by atoms with Crippen molar-refractivity contribution in [3.63, 3.8) is 0 Å². The van der Waals surface area contributed by atoms with Crippen molar-refractivity contribution in [1.82, 2.24) is 9.38 Å². The van der Waals surface area contributed by atoms with Crippen molar-refractivity contribution in [3.8, 4) is 0 Å². The van der Waals surface area contributed by atoms with Gasteiger partial charge in [-0.15, -0.1) is 0 Å². The molecule has 4 nitrogen and oxygen atoms in total. The average molecular weight is 355 g/mol. The number of rotatable bonds is 4. The number of halogens is 3. The second-order valence-electron chi connectivity index (χ2n) is 7.93. The molecule has 0 unspecified atom stereocenters. The fourth-order valence-corrected chi connectivity index (χ4v) is 2.59. The summed E-state index contributed by atoms with van der Waals surface area (Å²) >= 11 is 0. The van der Waals surface area contributed by atoms with Crippen LogP contribution in [-0.2, 0) is 17.4 Å². The second-order valence-corrected chi connectivity index (χ2v) is 7.93. The number of carbonyl (C=O) groups is 1. The van der Waals surface area contributed by atoms with Gasteiger partial charge in [0.05, 0.1) is 11.3 Å². The van der Waals surface area contributed by atoms with Crippen LogP contribution >= 0.6 is 0 Å². The highest BCUT2D eigenvalue weighted by molar-refractivity contribution is 5.91. The number of alkyl halides is 3. The molecule has 0 bridgehead atoms. The van der Waals surface area contributed by atoms with Crippen LogP contribution in [0, 0.1) is 11.3 Å². The van der Waals surface area contributed by atoms with Crippen molar-refractivity contribution in [2.45, 2.75) is 53.6 Å². The number of nitrogens with one attached hydrogen (secondary N) is 1. The van der Waals surface area contributed by atoms with E-state index < -0.39 is 11.7 Å². The zero-order valence-corrected chi connectivity index (χ0v) is 15.2. The number of carbonyl (C=O) groups excluding carboxylic acids is 1. The van der Waals surface area contributed by atoms with Gasteiger partial charge in [-0.2, -0.15) is 13.2 Å². The molecule has 25 heavy (non-hydrogen) atoms. The van der Waals surface area contributed by atoms with Crippen LogP contribution < -0.4 is 5.32 Å². The van der Waals surface area contributed by atoms with Gasteiger partial charge in [0.15, 0.2) is 5.82 Å². The van der Waals surface area contributed by atoms with Crippen LogP contribution in [0.15, 0.2) is 18.3 Å². The monoisotopic (exact) mass is 355 g/mol. The average Bonchev–Trinajstić information content (AvgIpc) is 2.72. The molecule has 0 aliphatic rings. The number of pyridine rings is 1. The van der Waals surface area contributed by atoms with Gasteiger partial charge in [0, 0.05) is 12.6 Å². The van der Waals surface area contributed by atoms with E-state index >= 15 is 0 Å². The van der Waals surface area contributed by atoms with Crippen molar-refractivity contribution in [1.29, 1.82) is 0 Å². The Hall–Kier alpha value is -2.05. The number of hydrogen-bond acceptors (Lipinski definition) is 2. The number of hydrogen-bond donors (Lipinski definition) is 1. The largest absolute Gasteiger partial charge is 0.417 e. The lowest BCUT2D eigenvalue weighted by Crippen LogP contribution is -2.18. The molecule has 1 N–H and O–H groups in total. The van der Waals surface area contributed by atoms with Gasteiger partial charge in [0.25, 0.3) is 0 Å². The van der Waals surface area contributed by atoms with Gasteiger partial charge in [0.1, 0.15) is 5.65 Å².